The van der Waals surface area contributed by atoms with Crippen molar-refractivity contribution in [3.05, 3.63) is 36.6 Å². The highest BCUT2D eigenvalue weighted by molar-refractivity contribution is 5.11. The van der Waals surface area contributed by atoms with Crippen LogP contribution in [0, 0.1) is 0 Å². The summed E-state index contributed by atoms with van der Waals surface area (Å²) in [7, 11) is 0. The predicted octanol–water partition coefficient (Wildman–Crippen LogP) is 1.88. The monoisotopic (exact) mass is 169 g/mol. The van der Waals surface area contributed by atoms with E-state index in [1.54, 1.807) is 0 Å². The number of nitrogens with one attached hydrogen (secondary N) is 1. The fourth-order valence-corrected chi connectivity index (χ4v) is 0.954. The van der Waals surface area contributed by atoms with Crippen LogP contribution in [0.3, 0.4) is 0 Å². The van der Waals surface area contributed by atoms with E-state index in [1.807, 2.05) is 6.08 Å². The van der Waals surface area contributed by atoms with Crippen molar-refractivity contribution in [1.29, 1.82) is 0 Å². The lowest BCUT2D eigenvalue weighted by molar-refractivity contribution is 0.288. The lowest BCUT2D eigenvalue weighted by atomic mass is 10.2. The van der Waals surface area contributed by atoms with Crippen LogP contribution < -0.4 is 5.32 Å². The number of rotatable bonds is 3. The van der Waals surface area contributed by atoms with E-state index in [0.717, 1.165) is 25.3 Å². The van der Waals surface area contributed by atoms with E-state index < -0.39 is 0 Å². The molecule has 0 fully saturated rings. The number of halogens is 1. The molecule has 0 amide bonds. The van der Waals surface area contributed by atoms with Crippen LogP contribution in [-0.2, 0) is 4.74 Å². The van der Waals surface area contributed by atoms with Gasteiger partial charge in [0, 0.05) is 19.5 Å². The minimum absolute atomic E-state index is 0.170. The van der Waals surface area contributed by atoms with Crippen molar-refractivity contribution in [3.63, 3.8) is 0 Å². The van der Waals surface area contributed by atoms with Gasteiger partial charge in [0.25, 0.3) is 0 Å². The molecule has 0 bridgehead atoms. The zero-order valence-corrected chi connectivity index (χ0v) is 6.85. The first-order chi connectivity index (χ1) is 5.86. The summed E-state index contributed by atoms with van der Waals surface area (Å²) in [5.74, 6) is 0.973. The molecule has 0 unspecified atom stereocenters. The Kier molecular flexibility index (Phi) is 3.54. The second kappa shape index (κ2) is 4.72. The van der Waals surface area contributed by atoms with Gasteiger partial charge in [0.05, 0.1) is 0 Å². The molecule has 1 rings (SSSR count). The number of allylic oxidation sites excluding steroid dienone is 1. The Bertz CT molecular complexity index is 221. The predicted molar refractivity (Wildman–Crippen MR) is 46.0 cm³/mol. The Hall–Kier alpha value is -1.09. The maximum Gasteiger partial charge on any atom is 0.154 e. The van der Waals surface area contributed by atoms with Crippen LogP contribution in [-0.4, -0.2) is 13.1 Å². The first-order valence-electron chi connectivity index (χ1n) is 3.87. The molecule has 1 aliphatic heterocycles. The van der Waals surface area contributed by atoms with E-state index >= 15 is 0 Å². The highest BCUT2D eigenvalue weighted by atomic mass is 19.1. The maximum absolute atomic E-state index is 12.0. The molecule has 0 aromatic rings. The highest BCUT2D eigenvalue weighted by Gasteiger charge is 2.04. The SMILES string of the molecule is C=C/C(=C/F)OC1=CCNCC1. The molecule has 66 valence electrons. The van der Waals surface area contributed by atoms with Crippen LogP contribution in [0.15, 0.2) is 36.6 Å². The van der Waals surface area contributed by atoms with Crippen LogP contribution >= 0.6 is 0 Å². The fourth-order valence-electron chi connectivity index (χ4n) is 0.954. The summed E-state index contributed by atoms with van der Waals surface area (Å²) in [6.07, 6.45) is 4.46. The zero-order valence-electron chi connectivity index (χ0n) is 6.85. The van der Waals surface area contributed by atoms with Gasteiger partial charge >= 0.3 is 0 Å². The molecule has 0 aromatic heterocycles. The van der Waals surface area contributed by atoms with Gasteiger partial charge in [0.15, 0.2) is 5.76 Å². The molecule has 2 nitrogen and oxygen atoms in total. The summed E-state index contributed by atoms with van der Waals surface area (Å²) < 4.78 is 17.2. The molecular weight excluding hydrogens is 157 g/mol. The van der Waals surface area contributed by atoms with Crippen molar-refractivity contribution in [1.82, 2.24) is 5.32 Å². The van der Waals surface area contributed by atoms with Gasteiger partial charge < -0.3 is 10.1 Å². The lowest BCUT2D eigenvalue weighted by Gasteiger charge is -2.14. The summed E-state index contributed by atoms with van der Waals surface area (Å²) in [5.41, 5.74) is 0. The molecule has 1 heterocycles. The lowest BCUT2D eigenvalue weighted by Crippen LogP contribution is -2.21. The zero-order chi connectivity index (χ0) is 8.81. The topological polar surface area (TPSA) is 21.3 Å². The molecule has 0 saturated heterocycles. The van der Waals surface area contributed by atoms with Crippen LogP contribution in [0.25, 0.3) is 0 Å². The summed E-state index contributed by atoms with van der Waals surface area (Å²) >= 11 is 0. The smallest absolute Gasteiger partial charge is 0.154 e. The Morgan fingerprint density at radius 2 is 2.58 bits per heavy atom. The molecular formula is C9H12FNO. The van der Waals surface area contributed by atoms with Crippen molar-refractivity contribution in [2.75, 3.05) is 13.1 Å². The molecule has 3 heteroatoms. The van der Waals surface area contributed by atoms with Gasteiger partial charge in [0.1, 0.15) is 12.1 Å². The van der Waals surface area contributed by atoms with E-state index in [1.165, 1.54) is 6.08 Å². The van der Waals surface area contributed by atoms with E-state index in [-0.39, 0.29) is 5.76 Å². The molecule has 1 N–H and O–H groups in total. The largest absolute Gasteiger partial charge is 0.460 e. The van der Waals surface area contributed by atoms with Crippen molar-refractivity contribution in [2.45, 2.75) is 6.42 Å². The van der Waals surface area contributed by atoms with E-state index in [0.29, 0.717) is 6.33 Å². The average molecular weight is 169 g/mol. The maximum atomic E-state index is 12.0. The molecule has 0 atom stereocenters. The fraction of sp³-hybridized carbons (Fsp3) is 0.333. The Balaban J connectivity index is 2.49. The van der Waals surface area contributed by atoms with Crippen LogP contribution in [0.4, 0.5) is 4.39 Å². The Morgan fingerprint density at radius 1 is 1.75 bits per heavy atom. The normalized spacial score (nSPS) is 18.4. The van der Waals surface area contributed by atoms with Crippen molar-refractivity contribution in [2.24, 2.45) is 0 Å². The standard InChI is InChI=1S/C9H12FNO/c1-2-8(7-10)12-9-3-5-11-6-4-9/h2-3,7,11H,1,4-6H2/b8-7-. The number of ether oxygens (including phenoxy) is 1. The third kappa shape index (κ3) is 2.51. The molecule has 0 aliphatic carbocycles. The third-order valence-electron chi connectivity index (χ3n) is 1.58. The van der Waals surface area contributed by atoms with Crippen molar-refractivity contribution < 1.29 is 9.13 Å². The summed E-state index contributed by atoms with van der Waals surface area (Å²) in [6.45, 7) is 5.08. The van der Waals surface area contributed by atoms with E-state index in [2.05, 4.69) is 11.9 Å². The van der Waals surface area contributed by atoms with Crippen LogP contribution in [0.2, 0.25) is 0 Å². The Morgan fingerprint density at radius 3 is 3.08 bits per heavy atom. The third-order valence-corrected chi connectivity index (χ3v) is 1.58. The first-order valence-corrected chi connectivity index (χ1v) is 3.87. The first kappa shape index (κ1) is 9.00. The number of hydrogen-bond acceptors (Lipinski definition) is 2. The van der Waals surface area contributed by atoms with E-state index in [9.17, 15) is 4.39 Å². The minimum Gasteiger partial charge on any atom is -0.460 e. The van der Waals surface area contributed by atoms with Gasteiger partial charge in [-0.1, -0.05) is 6.58 Å². The van der Waals surface area contributed by atoms with Crippen LogP contribution in [0.5, 0.6) is 0 Å². The van der Waals surface area contributed by atoms with Gasteiger partial charge in [-0.3, -0.25) is 0 Å². The quantitative estimate of drug-likeness (QED) is 0.514. The van der Waals surface area contributed by atoms with Gasteiger partial charge in [-0.15, -0.1) is 0 Å². The second-order valence-electron chi connectivity index (χ2n) is 2.44. The molecule has 0 spiro atoms. The highest BCUT2D eigenvalue weighted by Crippen LogP contribution is 2.12. The van der Waals surface area contributed by atoms with Crippen molar-refractivity contribution in [3.8, 4) is 0 Å². The summed E-state index contributed by atoms with van der Waals surface area (Å²) in [6, 6.07) is 0. The van der Waals surface area contributed by atoms with Gasteiger partial charge in [0.2, 0.25) is 0 Å². The second-order valence-corrected chi connectivity index (χ2v) is 2.44. The van der Waals surface area contributed by atoms with Crippen molar-refractivity contribution >= 4 is 0 Å². The van der Waals surface area contributed by atoms with Gasteiger partial charge in [-0.2, -0.15) is 0 Å². The average Bonchev–Trinajstić information content (AvgIpc) is 2.16. The molecule has 1 aliphatic rings. The summed E-state index contributed by atoms with van der Waals surface area (Å²) in [5, 5.41) is 3.13. The van der Waals surface area contributed by atoms with Gasteiger partial charge in [-0.05, 0) is 12.2 Å². The summed E-state index contributed by atoms with van der Waals surface area (Å²) in [4.78, 5) is 0. The minimum atomic E-state index is 0.170. The van der Waals surface area contributed by atoms with Gasteiger partial charge in [-0.25, -0.2) is 4.39 Å². The number of hydrogen-bond donors (Lipinski definition) is 1. The van der Waals surface area contributed by atoms with E-state index in [4.69, 9.17) is 4.74 Å². The molecule has 0 saturated carbocycles. The molecule has 0 radical (unpaired) electrons. The molecule has 0 aromatic carbocycles. The Labute approximate surface area is 71.4 Å². The molecule has 12 heavy (non-hydrogen) atoms. The van der Waals surface area contributed by atoms with Crippen LogP contribution in [0.1, 0.15) is 6.42 Å².